The molecule has 21 heteroatoms. The third-order valence-corrected chi connectivity index (χ3v) is 4.20. The maximum absolute atomic E-state index is 14.2. The smallest absolute Gasteiger partial charge is 0.458 e. The molecule has 0 aliphatic heterocycles. The van der Waals surface area contributed by atoms with Gasteiger partial charge in [0.2, 0.25) is 0 Å². The van der Waals surface area contributed by atoms with Gasteiger partial charge < -0.3 is 4.74 Å². The molecule has 0 aromatic carbocycles. The predicted octanol–water partition coefficient (Wildman–Crippen LogP) is 6.34. The van der Waals surface area contributed by atoms with Crippen LogP contribution in [0.3, 0.4) is 0 Å². The summed E-state index contributed by atoms with van der Waals surface area (Å²) < 4.78 is 228. The van der Waals surface area contributed by atoms with Crippen molar-refractivity contribution in [3.8, 4) is 0 Å². The fourth-order valence-electron chi connectivity index (χ4n) is 2.38. The quantitative estimate of drug-likeness (QED) is 0.255. The van der Waals surface area contributed by atoms with E-state index in [0.717, 1.165) is 0 Å². The first kappa shape index (κ1) is 31.2. The van der Waals surface area contributed by atoms with Crippen molar-refractivity contribution in [1.29, 1.82) is 0 Å². The van der Waals surface area contributed by atoms with Gasteiger partial charge in [-0.1, -0.05) is 0 Å². The minimum absolute atomic E-state index is 0.109. The molecule has 0 N–H and O–H groups in total. The van der Waals surface area contributed by atoms with Crippen molar-refractivity contribution in [2.45, 2.75) is 80.2 Å². The van der Waals surface area contributed by atoms with Gasteiger partial charge >= 0.3 is 54.3 Å². The molecule has 0 saturated heterocycles. The molecule has 1 saturated carbocycles. The Balaban J connectivity index is 3.54. The number of rotatable bonds is 8. The highest BCUT2D eigenvalue weighted by atomic mass is 19.4. The van der Waals surface area contributed by atoms with Crippen LogP contribution < -0.4 is 0 Å². The molecule has 2 unspecified atom stereocenters. The molecule has 0 heterocycles. The first-order chi connectivity index (χ1) is 15.2. The van der Waals surface area contributed by atoms with Gasteiger partial charge in [-0.15, -0.1) is 0 Å². The molecule has 208 valence electrons. The summed E-state index contributed by atoms with van der Waals surface area (Å²) in [5, 5.41) is 0. The van der Waals surface area contributed by atoms with E-state index in [-0.39, 0.29) is 25.7 Å². The largest absolute Gasteiger partial charge is 0.462 e. The fraction of sp³-hybridized carbons (Fsp3) is 0.929. The second kappa shape index (κ2) is 8.94. The van der Waals surface area contributed by atoms with E-state index in [2.05, 4.69) is 4.74 Å². The molecule has 0 aromatic rings. The van der Waals surface area contributed by atoms with E-state index in [0.29, 0.717) is 0 Å². The van der Waals surface area contributed by atoms with Crippen LogP contribution in [0.2, 0.25) is 0 Å². The Morgan fingerprint density at radius 3 is 1.34 bits per heavy atom. The summed E-state index contributed by atoms with van der Waals surface area (Å²) in [6, 6.07) is 0. The standard InChI is InChI=1S/C14H9F17O4/c15-7(10(19,20)21,6(32)33-5-3-1-2-4-5)34-14(30,31)9(18,12(25,26)27)35-13(28,29)8(16,17)11(22,23)24/h5H,1-4H2. The molecule has 1 aliphatic rings. The maximum Gasteiger partial charge on any atom is 0.462 e. The van der Waals surface area contributed by atoms with Crippen molar-refractivity contribution < 1.29 is 93.6 Å². The number of esters is 1. The van der Waals surface area contributed by atoms with Crippen molar-refractivity contribution >= 4 is 5.97 Å². The van der Waals surface area contributed by atoms with Gasteiger partial charge in [-0.25, -0.2) is 4.79 Å². The van der Waals surface area contributed by atoms with Crippen LogP contribution in [-0.4, -0.2) is 60.5 Å². The van der Waals surface area contributed by atoms with Gasteiger partial charge in [0.25, 0.3) is 0 Å². The van der Waals surface area contributed by atoms with Crippen LogP contribution in [0.4, 0.5) is 74.6 Å². The van der Waals surface area contributed by atoms with Gasteiger partial charge in [0, 0.05) is 0 Å². The van der Waals surface area contributed by atoms with Gasteiger partial charge in [0.05, 0.1) is 0 Å². The lowest BCUT2D eigenvalue weighted by atomic mass is 10.2. The molecule has 1 rings (SSSR count). The van der Waals surface area contributed by atoms with E-state index in [9.17, 15) is 79.4 Å². The number of alkyl halides is 17. The lowest BCUT2D eigenvalue weighted by molar-refractivity contribution is -0.548. The number of carbonyl (C=O) groups excluding carboxylic acids is 1. The van der Waals surface area contributed by atoms with E-state index in [1.54, 1.807) is 0 Å². The molecule has 1 fully saturated rings. The summed E-state index contributed by atoms with van der Waals surface area (Å²) in [5.74, 6) is -26.3. The molecule has 2 atom stereocenters. The third-order valence-electron chi connectivity index (χ3n) is 4.20. The summed E-state index contributed by atoms with van der Waals surface area (Å²) in [6.07, 6.45) is -40.6. The van der Waals surface area contributed by atoms with E-state index < -0.39 is 60.5 Å². The van der Waals surface area contributed by atoms with Gasteiger partial charge in [-0.05, 0) is 25.7 Å². The van der Waals surface area contributed by atoms with E-state index >= 15 is 0 Å². The Morgan fingerprint density at radius 2 is 1.00 bits per heavy atom. The second-order valence-electron chi connectivity index (χ2n) is 6.81. The molecule has 1 aliphatic carbocycles. The number of carbonyl (C=O) groups is 1. The molecule has 0 amide bonds. The van der Waals surface area contributed by atoms with Crippen molar-refractivity contribution in [1.82, 2.24) is 0 Å². The third kappa shape index (κ3) is 5.63. The number of hydrogen-bond donors (Lipinski definition) is 0. The van der Waals surface area contributed by atoms with Gasteiger partial charge in [0.15, 0.2) is 0 Å². The Labute approximate surface area is 181 Å². The second-order valence-corrected chi connectivity index (χ2v) is 6.81. The van der Waals surface area contributed by atoms with Crippen LogP contribution >= 0.6 is 0 Å². The average Bonchev–Trinajstić information content (AvgIpc) is 3.10. The molecule has 0 aromatic heterocycles. The molecule has 0 radical (unpaired) electrons. The van der Waals surface area contributed by atoms with Crippen molar-refractivity contribution in [3.63, 3.8) is 0 Å². The van der Waals surface area contributed by atoms with Crippen LogP contribution in [-0.2, 0) is 19.0 Å². The van der Waals surface area contributed by atoms with Crippen molar-refractivity contribution in [2.24, 2.45) is 0 Å². The highest BCUT2D eigenvalue weighted by Gasteiger charge is 2.85. The first-order valence-electron chi connectivity index (χ1n) is 8.49. The van der Waals surface area contributed by atoms with Gasteiger partial charge in [0.1, 0.15) is 6.10 Å². The van der Waals surface area contributed by atoms with Crippen LogP contribution in [0, 0.1) is 0 Å². The Morgan fingerprint density at radius 1 is 0.571 bits per heavy atom. The van der Waals surface area contributed by atoms with Crippen LogP contribution in [0.1, 0.15) is 25.7 Å². The lowest BCUT2D eigenvalue weighted by Gasteiger charge is -2.40. The Bertz CT molecular complexity index is 766. The zero-order chi connectivity index (χ0) is 28.1. The van der Waals surface area contributed by atoms with E-state index in [1.807, 2.05) is 4.74 Å². The minimum atomic E-state index is -8.03. The molecule has 4 nitrogen and oxygen atoms in total. The molecular weight excluding hydrogens is 555 g/mol. The Kier molecular flexibility index (Phi) is 7.98. The normalized spacial score (nSPS) is 20.9. The Hall–Kier alpha value is -1.80. The zero-order valence-corrected chi connectivity index (χ0v) is 16.0. The molecule has 0 bridgehead atoms. The lowest BCUT2D eigenvalue weighted by Crippen LogP contribution is -2.68. The molecule has 35 heavy (non-hydrogen) atoms. The van der Waals surface area contributed by atoms with Crippen LogP contribution in [0.5, 0.6) is 0 Å². The highest BCUT2D eigenvalue weighted by Crippen LogP contribution is 2.56. The average molecular weight is 564 g/mol. The fourth-order valence-corrected chi connectivity index (χ4v) is 2.38. The highest BCUT2D eigenvalue weighted by molar-refractivity contribution is 5.79. The predicted molar refractivity (Wildman–Crippen MR) is 71.2 cm³/mol. The molecular formula is C14H9F17O4. The van der Waals surface area contributed by atoms with E-state index in [1.165, 1.54) is 4.74 Å². The topological polar surface area (TPSA) is 44.8 Å². The van der Waals surface area contributed by atoms with Gasteiger partial charge in [-0.3, -0.25) is 9.47 Å². The van der Waals surface area contributed by atoms with Crippen LogP contribution in [0.25, 0.3) is 0 Å². The summed E-state index contributed by atoms with van der Waals surface area (Å²) in [6.45, 7) is 0. The zero-order valence-electron chi connectivity index (χ0n) is 16.0. The van der Waals surface area contributed by atoms with Crippen molar-refractivity contribution in [2.75, 3.05) is 0 Å². The monoisotopic (exact) mass is 564 g/mol. The SMILES string of the molecule is O=C(OC1CCCC1)C(F)(OC(F)(F)C(F)(OC(F)(F)C(F)(F)C(F)(F)F)C(F)(F)F)C(F)(F)F. The number of ether oxygens (including phenoxy) is 3. The molecule has 0 spiro atoms. The summed E-state index contributed by atoms with van der Waals surface area (Å²) in [7, 11) is 0. The van der Waals surface area contributed by atoms with E-state index in [4.69, 9.17) is 0 Å². The number of hydrogen-bond acceptors (Lipinski definition) is 4. The summed E-state index contributed by atoms with van der Waals surface area (Å²) in [4.78, 5) is 11.5. The minimum Gasteiger partial charge on any atom is -0.458 e. The number of halogens is 17. The van der Waals surface area contributed by atoms with Gasteiger partial charge in [-0.2, -0.15) is 74.6 Å². The van der Waals surface area contributed by atoms with Crippen LogP contribution in [0.15, 0.2) is 0 Å². The maximum atomic E-state index is 14.2. The summed E-state index contributed by atoms with van der Waals surface area (Å²) in [5.41, 5.74) is 0. The first-order valence-corrected chi connectivity index (χ1v) is 8.49. The van der Waals surface area contributed by atoms with Crippen molar-refractivity contribution in [3.05, 3.63) is 0 Å². The summed E-state index contributed by atoms with van der Waals surface area (Å²) >= 11 is 0.